The zero-order valence-corrected chi connectivity index (χ0v) is 18.2. The molecule has 0 radical (unpaired) electrons. The third-order valence-electron chi connectivity index (χ3n) is 6.85. The minimum Gasteiger partial charge on any atom is -0.384 e. The van der Waals surface area contributed by atoms with Gasteiger partial charge in [0.25, 0.3) is 11.8 Å². The molecule has 0 aromatic heterocycles. The number of nitrogens with zero attached hydrogens (tertiary/aromatic N) is 1. The molecule has 0 saturated carbocycles. The summed E-state index contributed by atoms with van der Waals surface area (Å²) in [4.78, 5) is 39.6. The fraction of sp³-hybridized carbons (Fsp3) is 0.192. The second kappa shape index (κ2) is 7.41. The highest BCUT2D eigenvalue weighted by Gasteiger charge is 2.50. The van der Waals surface area contributed by atoms with Gasteiger partial charge in [-0.15, -0.1) is 0 Å². The normalized spacial score (nSPS) is 20.6. The summed E-state index contributed by atoms with van der Waals surface area (Å²) in [7, 11) is 0. The number of hydrogen-bond donors (Lipinski definition) is 3. The van der Waals surface area contributed by atoms with Crippen molar-refractivity contribution in [2.24, 2.45) is 0 Å². The number of imide groups is 1. The highest BCUT2D eigenvalue weighted by Crippen LogP contribution is 2.34. The molecule has 3 N–H and O–H groups in total. The topological polar surface area (TPSA) is 90.5 Å². The van der Waals surface area contributed by atoms with Crippen LogP contribution in [-0.2, 0) is 23.3 Å². The summed E-state index contributed by atoms with van der Waals surface area (Å²) in [5.41, 5.74) is 4.57. The van der Waals surface area contributed by atoms with Crippen molar-refractivity contribution in [2.75, 3.05) is 18.4 Å². The Kier molecular flexibility index (Phi) is 4.45. The number of halogens is 1. The quantitative estimate of drug-likeness (QED) is 0.526. The van der Waals surface area contributed by atoms with Gasteiger partial charge in [-0.05, 0) is 58.5 Å². The molecule has 3 aromatic carbocycles. The van der Waals surface area contributed by atoms with Gasteiger partial charge in [-0.3, -0.25) is 14.9 Å². The molecular weight excluding hydrogens is 435 g/mol. The highest BCUT2D eigenvalue weighted by molar-refractivity contribution is 6.08. The molecule has 34 heavy (non-hydrogen) atoms. The number of rotatable bonds is 4. The Hall–Kier alpha value is -4.20. The molecule has 0 spiro atoms. The lowest BCUT2D eigenvalue weighted by molar-refractivity contribution is -0.124. The monoisotopic (exact) mass is 456 g/mol. The summed E-state index contributed by atoms with van der Waals surface area (Å²) in [5.74, 6) is -1.39. The number of carbonyl (C=O) groups excluding carboxylic acids is 3. The van der Waals surface area contributed by atoms with Crippen molar-refractivity contribution < 1.29 is 18.8 Å². The van der Waals surface area contributed by atoms with Gasteiger partial charge in [0.2, 0.25) is 0 Å². The van der Waals surface area contributed by atoms with Crippen LogP contribution in [0.15, 0.2) is 60.7 Å². The van der Waals surface area contributed by atoms with Gasteiger partial charge in [0, 0.05) is 24.3 Å². The summed E-state index contributed by atoms with van der Waals surface area (Å²) in [5, 5.41) is 8.39. The minimum absolute atomic E-state index is 0.0659. The van der Waals surface area contributed by atoms with Gasteiger partial charge in [-0.2, -0.15) is 0 Å². The van der Waals surface area contributed by atoms with E-state index >= 15 is 0 Å². The molecule has 1 atom stereocenters. The molecule has 3 heterocycles. The van der Waals surface area contributed by atoms with Crippen molar-refractivity contribution in [2.45, 2.75) is 18.5 Å². The smallest absolute Gasteiger partial charge is 0.322 e. The van der Waals surface area contributed by atoms with Crippen LogP contribution in [0.1, 0.15) is 27.0 Å². The molecule has 3 aliphatic rings. The minimum atomic E-state index is -1.44. The standard InChI is InChI=1S/C26H21FN4O3/c27-20-7-3-18-13-31(23(32)21(18)12-20)14-26(24(33)29-25(34)30-26)19-5-1-15(2-6-19)16-4-8-22-17(11-16)9-10-28-22/h1-8,11-12,28H,9-10,13-14H2,(H2,29,30,33,34)/t26-/m0/s1. The summed E-state index contributed by atoms with van der Waals surface area (Å²) >= 11 is 0. The van der Waals surface area contributed by atoms with E-state index in [1.807, 2.05) is 18.2 Å². The number of amides is 4. The third kappa shape index (κ3) is 3.14. The zero-order valence-electron chi connectivity index (χ0n) is 18.2. The number of benzene rings is 3. The molecule has 1 saturated heterocycles. The van der Waals surface area contributed by atoms with E-state index in [2.05, 4.69) is 28.1 Å². The van der Waals surface area contributed by atoms with Crippen LogP contribution >= 0.6 is 0 Å². The second-order valence-corrected chi connectivity index (χ2v) is 8.90. The first-order chi connectivity index (χ1) is 16.4. The van der Waals surface area contributed by atoms with E-state index in [4.69, 9.17) is 0 Å². The fourth-order valence-electron chi connectivity index (χ4n) is 5.08. The maximum absolute atomic E-state index is 13.7. The molecule has 6 rings (SSSR count). The first kappa shape index (κ1) is 20.4. The van der Waals surface area contributed by atoms with Crippen LogP contribution in [0.2, 0.25) is 0 Å². The van der Waals surface area contributed by atoms with E-state index in [9.17, 15) is 18.8 Å². The summed E-state index contributed by atoms with van der Waals surface area (Å²) < 4.78 is 13.7. The zero-order chi connectivity index (χ0) is 23.4. The van der Waals surface area contributed by atoms with Gasteiger partial charge >= 0.3 is 6.03 Å². The van der Waals surface area contributed by atoms with Gasteiger partial charge in [0.1, 0.15) is 5.82 Å². The fourth-order valence-corrected chi connectivity index (χ4v) is 5.08. The molecule has 0 bridgehead atoms. The van der Waals surface area contributed by atoms with Crippen molar-refractivity contribution in [3.63, 3.8) is 0 Å². The molecule has 3 aliphatic heterocycles. The van der Waals surface area contributed by atoms with E-state index < -0.39 is 23.3 Å². The summed E-state index contributed by atoms with van der Waals surface area (Å²) in [6, 6.07) is 17.2. The molecule has 3 aromatic rings. The summed E-state index contributed by atoms with van der Waals surface area (Å²) in [6.45, 7) is 1.10. The number of carbonyl (C=O) groups is 3. The Morgan fingerprint density at radius 1 is 0.912 bits per heavy atom. The summed E-state index contributed by atoms with van der Waals surface area (Å²) in [6.07, 6.45) is 0.979. The van der Waals surface area contributed by atoms with Crippen molar-refractivity contribution in [1.29, 1.82) is 0 Å². The first-order valence-corrected chi connectivity index (χ1v) is 11.1. The van der Waals surface area contributed by atoms with Crippen LogP contribution < -0.4 is 16.0 Å². The van der Waals surface area contributed by atoms with Crippen LogP contribution in [0.3, 0.4) is 0 Å². The van der Waals surface area contributed by atoms with E-state index in [-0.39, 0.29) is 24.6 Å². The molecular formula is C26H21FN4O3. The van der Waals surface area contributed by atoms with Gasteiger partial charge in [0.05, 0.1) is 6.54 Å². The lowest BCUT2D eigenvalue weighted by Crippen LogP contribution is -2.52. The lowest BCUT2D eigenvalue weighted by Gasteiger charge is -2.31. The molecule has 0 aliphatic carbocycles. The SMILES string of the molecule is O=C1NC(=O)[C@](CN2Cc3ccc(F)cc3C2=O)(c2ccc(-c3ccc4c(c3)CCN4)cc2)N1. The van der Waals surface area contributed by atoms with E-state index in [0.717, 1.165) is 29.8 Å². The molecule has 4 amide bonds. The Morgan fingerprint density at radius 2 is 1.71 bits per heavy atom. The predicted octanol–water partition coefficient (Wildman–Crippen LogP) is 3.15. The van der Waals surface area contributed by atoms with Gasteiger partial charge in [0.15, 0.2) is 5.54 Å². The van der Waals surface area contributed by atoms with E-state index in [1.54, 1.807) is 18.2 Å². The van der Waals surface area contributed by atoms with Crippen LogP contribution in [0.5, 0.6) is 0 Å². The number of nitrogens with one attached hydrogen (secondary N) is 3. The second-order valence-electron chi connectivity index (χ2n) is 8.90. The van der Waals surface area contributed by atoms with E-state index in [1.165, 1.54) is 22.6 Å². The number of urea groups is 1. The van der Waals surface area contributed by atoms with Gasteiger partial charge in [-0.1, -0.05) is 36.4 Å². The molecule has 0 unspecified atom stereocenters. The Labute approximate surface area is 195 Å². The van der Waals surface area contributed by atoms with Crippen molar-refractivity contribution in [1.82, 2.24) is 15.5 Å². The van der Waals surface area contributed by atoms with Crippen LogP contribution in [0, 0.1) is 5.82 Å². The van der Waals surface area contributed by atoms with Crippen LogP contribution in [-0.4, -0.2) is 35.8 Å². The van der Waals surface area contributed by atoms with E-state index in [0.29, 0.717) is 11.1 Å². The Balaban J connectivity index is 1.33. The van der Waals surface area contributed by atoms with Gasteiger partial charge < -0.3 is 15.5 Å². The van der Waals surface area contributed by atoms with Crippen LogP contribution in [0.25, 0.3) is 11.1 Å². The number of anilines is 1. The largest absolute Gasteiger partial charge is 0.384 e. The highest BCUT2D eigenvalue weighted by atomic mass is 19.1. The van der Waals surface area contributed by atoms with Gasteiger partial charge in [-0.25, -0.2) is 9.18 Å². The third-order valence-corrected chi connectivity index (χ3v) is 6.85. The van der Waals surface area contributed by atoms with Crippen molar-refractivity contribution in [3.8, 4) is 11.1 Å². The molecule has 1 fully saturated rings. The first-order valence-electron chi connectivity index (χ1n) is 11.1. The molecule has 170 valence electrons. The maximum Gasteiger partial charge on any atom is 0.322 e. The number of fused-ring (bicyclic) bond motifs is 2. The lowest BCUT2D eigenvalue weighted by atomic mass is 9.88. The number of hydrogen-bond acceptors (Lipinski definition) is 4. The molecule has 8 heteroatoms. The maximum atomic E-state index is 13.7. The Morgan fingerprint density at radius 3 is 2.47 bits per heavy atom. The van der Waals surface area contributed by atoms with Crippen molar-refractivity contribution in [3.05, 3.63) is 88.7 Å². The van der Waals surface area contributed by atoms with Crippen LogP contribution in [0.4, 0.5) is 14.9 Å². The predicted molar refractivity (Wildman–Crippen MR) is 124 cm³/mol. The molecule has 7 nitrogen and oxygen atoms in total. The average Bonchev–Trinajstić information content (AvgIpc) is 3.50. The average molecular weight is 456 g/mol. The van der Waals surface area contributed by atoms with Crippen molar-refractivity contribution >= 4 is 23.5 Å². The Bertz CT molecular complexity index is 1370.